The topological polar surface area (TPSA) is 130 Å². The van der Waals surface area contributed by atoms with E-state index in [9.17, 15) is 19.6 Å². The lowest BCUT2D eigenvalue weighted by Crippen LogP contribution is -2.53. The second-order valence-corrected chi connectivity index (χ2v) is 13.0. The minimum Gasteiger partial charge on any atom is -0.462 e. The Hall–Kier alpha value is -0.840. The molecule has 0 aromatic carbocycles. The maximum Gasteiger partial charge on any atom is 0.475 e. The summed E-state index contributed by atoms with van der Waals surface area (Å²) in [5, 5.41) is 21.6. The minimum absolute atomic E-state index is 0.103. The first-order valence-electron chi connectivity index (χ1n) is 14.6. The molecule has 2 aliphatic carbocycles. The van der Waals surface area contributed by atoms with E-state index >= 15 is 0 Å². The van der Waals surface area contributed by atoms with Gasteiger partial charge in [0.2, 0.25) is 0 Å². The quantitative estimate of drug-likeness (QED) is 0.127. The van der Waals surface area contributed by atoms with Crippen molar-refractivity contribution in [2.75, 3.05) is 33.0 Å². The molecule has 2 N–H and O–H groups in total. The molecular weight excluding hydrogens is 527 g/mol. The zero-order valence-corrected chi connectivity index (χ0v) is 24.8. The van der Waals surface area contributed by atoms with Crippen molar-refractivity contribution in [3.63, 3.8) is 0 Å². The van der Waals surface area contributed by atoms with Gasteiger partial charge in [0, 0.05) is 30.3 Å². The molecule has 1 saturated heterocycles. The largest absolute Gasteiger partial charge is 0.475 e. The van der Waals surface area contributed by atoms with Crippen LogP contribution < -0.4 is 0 Å². The van der Waals surface area contributed by atoms with E-state index in [-0.39, 0.29) is 24.4 Å². The second kappa shape index (κ2) is 15.4. The lowest BCUT2D eigenvalue weighted by atomic mass is 9.77. The number of esters is 1. The molecule has 0 amide bonds. The molecule has 10 nitrogen and oxygen atoms in total. The Bertz CT molecular complexity index is 813. The van der Waals surface area contributed by atoms with E-state index in [1.807, 2.05) is 13.8 Å². The van der Waals surface area contributed by atoms with Crippen LogP contribution in [0.5, 0.6) is 0 Å². The molecule has 11 heteroatoms. The van der Waals surface area contributed by atoms with Crippen molar-refractivity contribution >= 4 is 13.8 Å². The van der Waals surface area contributed by atoms with E-state index < -0.39 is 37.9 Å². The SMILES string of the molecule is C=C(C)C(=O)OCC1CCC2(CC1O)OCC(C1CCC(OP(=O)(OCCCC)OCCCC)C(O)C1)CO2. The Balaban J connectivity index is 1.45. The van der Waals surface area contributed by atoms with Crippen LogP contribution in [0.4, 0.5) is 0 Å². The van der Waals surface area contributed by atoms with Crippen LogP contribution in [0, 0.1) is 17.8 Å². The van der Waals surface area contributed by atoms with E-state index in [1.54, 1.807) is 6.92 Å². The summed E-state index contributed by atoms with van der Waals surface area (Å²) < 4.78 is 47.8. The highest BCUT2D eigenvalue weighted by molar-refractivity contribution is 7.48. The highest BCUT2D eigenvalue weighted by Gasteiger charge is 2.47. The van der Waals surface area contributed by atoms with Gasteiger partial charge in [-0.3, -0.25) is 13.6 Å². The van der Waals surface area contributed by atoms with Crippen molar-refractivity contribution in [3.8, 4) is 0 Å². The normalized spacial score (nSPS) is 33.7. The van der Waals surface area contributed by atoms with Gasteiger partial charge in [0.25, 0.3) is 0 Å². The van der Waals surface area contributed by atoms with Crippen molar-refractivity contribution in [3.05, 3.63) is 12.2 Å². The van der Waals surface area contributed by atoms with Gasteiger partial charge in [0.1, 0.15) is 0 Å². The van der Waals surface area contributed by atoms with Gasteiger partial charge in [0.05, 0.1) is 51.3 Å². The average molecular weight is 577 g/mol. The number of carbonyl (C=O) groups excluding carboxylic acids is 1. The molecule has 0 radical (unpaired) electrons. The number of hydrogen-bond donors (Lipinski definition) is 2. The Morgan fingerprint density at radius 1 is 1.00 bits per heavy atom. The predicted molar refractivity (Wildman–Crippen MR) is 145 cm³/mol. The average Bonchev–Trinajstić information content (AvgIpc) is 2.90. The van der Waals surface area contributed by atoms with E-state index in [2.05, 4.69) is 6.58 Å². The molecule has 2 saturated carbocycles. The zero-order chi connectivity index (χ0) is 28.5. The van der Waals surface area contributed by atoms with Gasteiger partial charge in [-0.25, -0.2) is 9.36 Å². The molecule has 0 bridgehead atoms. The number of rotatable bonds is 14. The van der Waals surface area contributed by atoms with Crippen LogP contribution in [0.2, 0.25) is 0 Å². The number of aliphatic hydroxyl groups is 2. The maximum absolute atomic E-state index is 13.2. The van der Waals surface area contributed by atoms with Gasteiger partial charge in [-0.05, 0) is 51.4 Å². The predicted octanol–water partition coefficient (Wildman–Crippen LogP) is 4.91. The van der Waals surface area contributed by atoms with Crippen LogP contribution in [0.15, 0.2) is 12.2 Å². The molecular formula is C28H49O10P. The molecule has 5 atom stereocenters. The number of phosphoric acid groups is 1. The Kier molecular flexibility index (Phi) is 12.9. The lowest BCUT2D eigenvalue weighted by Gasteiger charge is -2.48. The number of aliphatic hydroxyl groups excluding tert-OH is 2. The molecule has 0 aromatic rings. The summed E-state index contributed by atoms with van der Waals surface area (Å²) in [6.45, 7) is 10.9. The van der Waals surface area contributed by atoms with Gasteiger partial charge in [-0.1, -0.05) is 33.3 Å². The molecule has 1 spiro atoms. The number of ether oxygens (including phenoxy) is 3. The summed E-state index contributed by atoms with van der Waals surface area (Å²) in [6, 6.07) is 0. The third-order valence-corrected chi connectivity index (χ3v) is 9.61. The first-order chi connectivity index (χ1) is 18.6. The number of carbonyl (C=O) groups is 1. The maximum atomic E-state index is 13.2. The first kappa shape index (κ1) is 32.7. The van der Waals surface area contributed by atoms with Gasteiger partial charge in [0.15, 0.2) is 5.79 Å². The smallest absolute Gasteiger partial charge is 0.462 e. The molecule has 3 aliphatic rings. The monoisotopic (exact) mass is 576 g/mol. The van der Waals surface area contributed by atoms with Crippen LogP contribution in [-0.2, 0) is 37.1 Å². The molecule has 0 aromatic heterocycles. The molecule has 5 unspecified atom stereocenters. The third-order valence-electron chi connectivity index (χ3n) is 8.08. The Morgan fingerprint density at radius 3 is 2.18 bits per heavy atom. The van der Waals surface area contributed by atoms with E-state index in [0.717, 1.165) is 32.1 Å². The minimum atomic E-state index is -3.75. The summed E-state index contributed by atoms with van der Waals surface area (Å²) in [6.07, 6.45) is 4.56. The highest BCUT2D eigenvalue weighted by atomic mass is 31.2. The summed E-state index contributed by atoms with van der Waals surface area (Å²) >= 11 is 0. The summed E-state index contributed by atoms with van der Waals surface area (Å²) in [5.41, 5.74) is 0.335. The van der Waals surface area contributed by atoms with Crippen molar-refractivity contribution < 1.29 is 47.4 Å². The van der Waals surface area contributed by atoms with Crippen LogP contribution in [0.3, 0.4) is 0 Å². The number of hydrogen-bond acceptors (Lipinski definition) is 10. The Labute approximate surface area is 233 Å². The van der Waals surface area contributed by atoms with Crippen LogP contribution in [0.1, 0.15) is 85.0 Å². The lowest BCUT2D eigenvalue weighted by molar-refractivity contribution is -0.315. The molecule has 226 valence electrons. The highest BCUT2D eigenvalue weighted by Crippen LogP contribution is 2.53. The third kappa shape index (κ3) is 9.60. The van der Waals surface area contributed by atoms with Gasteiger partial charge in [-0.15, -0.1) is 0 Å². The fourth-order valence-electron chi connectivity index (χ4n) is 5.43. The van der Waals surface area contributed by atoms with Gasteiger partial charge >= 0.3 is 13.8 Å². The zero-order valence-electron chi connectivity index (χ0n) is 23.9. The van der Waals surface area contributed by atoms with Crippen LogP contribution in [0.25, 0.3) is 0 Å². The molecule has 1 aliphatic heterocycles. The molecule has 3 fully saturated rings. The van der Waals surface area contributed by atoms with Gasteiger partial charge < -0.3 is 24.4 Å². The summed E-state index contributed by atoms with van der Waals surface area (Å²) in [5.74, 6) is -1.18. The van der Waals surface area contributed by atoms with Crippen LogP contribution in [-0.4, -0.2) is 73.3 Å². The van der Waals surface area contributed by atoms with Crippen molar-refractivity contribution in [2.45, 2.75) is 109 Å². The van der Waals surface area contributed by atoms with Gasteiger partial charge in [-0.2, -0.15) is 0 Å². The summed E-state index contributed by atoms with van der Waals surface area (Å²) in [4.78, 5) is 11.7. The number of phosphoric ester groups is 1. The standard InChI is InChI=1S/C28H49O10P/c1-5-7-13-36-39(32,37-14-8-6-2)38-26-10-9-21(15-24(26)29)23-18-34-28(35-19-23)12-11-22(25(30)16-28)17-33-27(31)20(3)4/h21-26,29-30H,3,5-19H2,1-2,4H3. The molecule has 3 rings (SSSR count). The molecule has 1 heterocycles. The van der Waals surface area contributed by atoms with Crippen molar-refractivity contribution in [1.82, 2.24) is 0 Å². The molecule has 39 heavy (non-hydrogen) atoms. The summed E-state index contributed by atoms with van der Waals surface area (Å²) in [7, 11) is -3.75. The second-order valence-electron chi connectivity index (χ2n) is 11.3. The van der Waals surface area contributed by atoms with E-state index in [0.29, 0.717) is 64.1 Å². The fraction of sp³-hybridized carbons (Fsp3) is 0.893. The van der Waals surface area contributed by atoms with E-state index in [4.69, 9.17) is 27.8 Å². The Morgan fingerprint density at radius 2 is 1.64 bits per heavy atom. The van der Waals surface area contributed by atoms with E-state index in [1.165, 1.54) is 0 Å². The van der Waals surface area contributed by atoms with Crippen molar-refractivity contribution in [2.24, 2.45) is 17.8 Å². The first-order valence-corrected chi connectivity index (χ1v) is 16.1. The van der Waals surface area contributed by atoms with Crippen molar-refractivity contribution in [1.29, 1.82) is 0 Å². The van der Waals surface area contributed by atoms with Crippen LogP contribution >= 0.6 is 7.82 Å². The number of unbranched alkanes of at least 4 members (excludes halogenated alkanes) is 2. The fourth-order valence-corrected chi connectivity index (χ4v) is 6.91.